The van der Waals surface area contributed by atoms with Gasteiger partial charge in [-0.2, -0.15) is 0 Å². The zero-order valence-corrected chi connectivity index (χ0v) is 13.8. The Morgan fingerprint density at radius 3 is 2.48 bits per heavy atom. The Kier molecular flexibility index (Phi) is 5.73. The van der Waals surface area contributed by atoms with Gasteiger partial charge in [0.2, 0.25) is 0 Å². The SMILES string of the molecule is CCCNC(c1cc(Br)ccc1Cl)c1c(F)cccc1F. The van der Waals surface area contributed by atoms with Crippen LogP contribution in [0.5, 0.6) is 0 Å². The van der Waals surface area contributed by atoms with Gasteiger partial charge in [0.15, 0.2) is 0 Å². The lowest BCUT2D eigenvalue weighted by Gasteiger charge is -2.22. The molecular formula is C16H15BrClF2N. The molecule has 21 heavy (non-hydrogen) atoms. The molecule has 0 aliphatic heterocycles. The Hall–Kier alpha value is -0.970. The largest absolute Gasteiger partial charge is 0.306 e. The molecule has 112 valence electrons. The minimum atomic E-state index is -0.629. The molecule has 0 amide bonds. The summed E-state index contributed by atoms with van der Waals surface area (Å²) in [6.45, 7) is 2.62. The lowest BCUT2D eigenvalue weighted by atomic mass is 9.97. The van der Waals surface area contributed by atoms with Crippen LogP contribution in [0.15, 0.2) is 40.9 Å². The average Bonchev–Trinajstić information content (AvgIpc) is 2.45. The van der Waals surface area contributed by atoms with Gasteiger partial charge in [-0.05, 0) is 48.9 Å². The van der Waals surface area contributed by atoms with E-state index < -0.39 is 17.7 Å². The third-order valence-electron chi connectivity index (χ3n) is 3.16. The Balaban J connectivity index is 2.55. The fraction of sp³-hybridized carbons (Fsp3) is 0.250. The minimum absolute atomic E-state index is 0.00838. The topological polar surface area (TPSA) is 12.0 Å². The smallest absolute Gasteiger partial charge is 0.131 e. The Labute approximate surface area is 136 Å². The first-order valence-electron chi connectivity index (χ1n) is 6.66. The summed E-state index contributed by atoms with van der Waals surface area (Å²) in [5.74, 6) is -1.17. The van der Waals surface area contributed by atoms with Gasteiger partial charge in [0.1, 0.15) is 11.6 Å². The first-order valence-corrected chi connectivity index (χ1v) is 7.84. The van der Waals surface area contributed by atoms with Gasteiger partial charge < -0.3 is 5.32 Å². The molecule has 2 rings (SSSR count). The van der Waals surface area contributed by atoms with E-state index in [4.69, 9.17) is 11.6 Å². The van der Waals surface area contributed by atoms with Crippen molar-refractivity contribution in [2.45, 2.75) is 19.4 Å². The second kappa shape index (κ2) is 7.34. The summed E-state index contributed by atoms with van der Waals surface area (Å²) in [6, 6.07) is 8.52. The van der Waals surface area contributed by atoms with E-state index in [1.807, 2.05) is 6.92 Å². The fourth-order valence-electron chi connectivity index (χ4n) is 2.18. The van der Waals surface area contributed by atoms with Gasteiger partial charge in [0.05, 0.1) is 6.04 Å². The highest BCUT2D eigenvalue weighted by Gasteiger charge is 2.23. The number of nitrogens with one attached hydrogen (secondary N) is 1. The standard InChI is InChI=1S/C16H15BrClF2N/c1-2-8-21-16(11-9-10(17)6-7-12(11)18)15-13(19)4-3-5-14(15)20/h3-7,9,16,21H,2,8H2,1H3. The van der Waals surface area contributed by atoms with E-state index >= 15 is 0 Å². The summed E-state index contributed by atoms with van der Waals surface area (Å²) < 4.78 is 29.0. The molecule has 1 unspecified atom stereocenters. The monoisotopic (exact) mass is 373 g/mol. The van der Waals surface area contributed by atoms with Crippen molar-refractivity contribution in [2.75, 3.05) is 6.54 Å². The second-order valence-corrected chi connectivity index (χ2v) is 6.01. The molecule has 0 fully saturated rings. The van der Waals surface area contributed by atoms with E-state index in [1.54, 1.807) is 18.2 Å². The highest BCUT2D eigenvalue weighted by molar-refractivity contribution is 9.10. The molecule has 0 heterocycles. The van der Waals surface area contributed by atoms with Crippen LogP contribution in [0.2, 0.25) is 5.02 Å². The van der Waals surface area contributed by atoms with Crippen LogP contribution in [0.1, 0.15) is 30.5 Å². The van der Waals surface area contributed by atoms with Gasteiger partial charge in [0.25, 0.3) is 0 Å². The van der Waals surface area contributed by atoms with E-state index in [1.165, 1.54) is 18.2 Å². The highest BCUT2D eigenvalue weighted by Crippen LogP contribution is 2.33. The van der Waals surface area contributed by atoms with Crippen LogP contribution in [0.25, 0.3) is 0 Å². The van der Waals surface area contributed by atoms with E-state index in [0.717, 1.165) is 10.9 Å². The molecule has 1 atom stereocenters. The summed E-state index contributed by atoms with van der Waals surface area (Å²) in [6.07, 6.45) is 0.845. The lowest BCUT2D eigenvalue weighted by Crippen LogP contribution is -2.25. The van der Waals surface area contributed by atoms with Crippen LogP contribution >= 0.6 is 27.5 Å². The van der Waals surface area contributed by atoms with Gasteiger partial charge >= 0.3 is 0 Å². The molecule has 0 aliphatic carbocycles. The highest BCUT2D eigenvalue weighted by atomic mass is 79.9. The summed E-state index contributed by atoms with van der Waals surface area (Å²) in [7, 11) is 0. The van der Waals surface area contributed by atoms with E-state index in [-0.39, 0.29) is 5.56 Å². The third-order valence-corrected chi connectivity index (χ3v) is 3.99. The van der Waals surface area contributed by atoms with Gasteiger partial charge in [-0.1, -0.05) is 40.5 Å². The molecule has 1 N–H and O–H groups in total. The van der Waals surface area contributed by atoms with Crippen molar-refractivity contribution in [2.24, 2.45) is 0 Å². The fourth-order valence-corrected chi connectivity index (χ4v) is 2.78. The molecule has 0 bridgehead atoms. The number of halogens is 4. The van der Waals surface area contributed by atoms with Crippen LogP contribution in [0.3, 0.4) is 0 Å². The number of rotatable bonds is 5. The predicted molar refractivity (Wildman–Crippen MR) is 85.6 cm³/mol. The molecule has 0 radical (unpaired) electrons. The molecular weight excluding hydrogens is 360 g/mol. The lowest BCUT2D eigenvalue weighted by molar-refractivity contribution is 0.503. The van der Waals surface area contributed by atoms with Crippen LogP contribution in [-0.2, 0) is 0 Å². The number of benzene rings is 2. The summed E-state index contributed by atoms with van der Waals surface area (Å²) >= 11 is 9.59. The maximum Gasteiger partial charge on any atom is 0.131 e. The van der Waals surface area contributed by atoms with Crippen molar-refractivity contribution in [1.82, 2.24) is 5.32 Å². The second-order valence-electron chi connectivity index (χ2n) is 4.69. The molecule has 0 saturated heterocycles. The Morgan fingerprint density at radius 2 is 1.86 bits per heavy atom. The van der Waals surface area contributed by atoms with Crippen LogP contribution < -0.4 is 5.32 Å². The van der Waals surface area contributed by atoms with E-state index in [9.17, 15) is 8.78 Å². The Morgan fingerprint density at radius 1 is 1.19 bits per heavy atom. The normalized spacial score (nSPS) is 12.4. The van der Waals surface area contributed by atoms with Gasteiger partial charge in [-0.15, -0.1) is 0 Å². The van der Waals surface area contributed by atoms with Crippen molar-refractivity contribution >= 4 is 27.5 Å². The molecule has 5 heteroatoms. The summed E-state index contributed by atoms with van der Waals surface area (Å²) in [4.78, 5) is 0. The first-order chi connectivity index (χ1) is 10.0. The molecule has 0 aromatic heterocycles. The number of hydrogen-bond acceptors (Lipinski definition) is 1. The third kappa shape index (κ3) is 3.82. The first kappa shape index (κ1) is 16.4. The quantitative estimate of drug-likeness (QED) is 0.732. The van der Waals surface area contributed by atoms with E-state index in [2.05, 4.69) is 21.2 Å². The minimum Gasteiger partial charge on any atom is -0.306 e. The molecule has 0 spiro atoms. The summed E-state index contributed by atoms with van der Waals surface area (Å²) in [5, 5.41) is 3.63. The van der Waals surface area contributed by atoms with Crippen LogP contribution in [0, 0.1) is 11.6 Å². The van der Waals surface area contributed by atoms with Crippen molar-refractivity contribution in [1.29, 1.82) is 0 Å². The zero-order valence-electron chi connectivity index (χ0n) is 11.5. The Bertz CT molecular complexity index is 613. The predicted octanol–water partition coefficient (Wildman–Crippen LogP) is 5.47. The molecule has 0 aliphatic rings. The van der Waals surface area contributed by atoms with Gasteiger partial charge in [-0.3, -0.25) is 0 Å². The van der Waals surface area contributed by atoms with E-state index in [0.29, 0.717) is 17.1 Å². The van der Waals surface area contributed by atoms with Crippen molar-refractivity contribution in [3.63, 3.8) is 0 Å². The molecule has 0 saturated carbocycles. The van der Waals surface area contributed by atoms with Gasteiger partial charge in [-0.25, -0.2) is 8.78 Å². The van der Waals surface area contributed by atoms with Crippen molar-refractivity contribution in [3.8, 4) is 0 Å². The van der Waals surface area contributed by atoms with Crippen molar-refractivity contribution in [3.05, 3.63) is 68.7 Å². The summed E-state index contributed by atoms with van der Waals surface area (Å²) in [5.41, 5.74) is 0.634. The van der Waals surface area contributed by atoms with Crippen LogP contribution in [-0.4, -0.2) is 6.54 Å². The maximum absolute atomic E-state index is 14.1. The molecule has 2 aromatic rings. The molecule has 1 nitrogen and oxygen atoms in total. The number of hydrogen-bond donors (Lipinski definition) is 1. The van der Waals surface area contributed by atoms with Crippen LogP contribution in [0.4, 0.5) is 8.78 Å². The zero-order chi connectivity index (χ0) is 15.4. The molecule has 2 aromatic carbocycles. The van der Waals surface area contributed by atoms with Crippen molar-refractivity contribution < 1.29 is 8.78 Å². The van der Waals surface area contributed by atoms with Gasteiger partial charge in [0, 0.05) is 15.1 Å². The maximum atomic E-state index is 14.1. The average molecular weight is 375 g/mol.